The SMILES string of the molecule is COCCN(CC(=O)N(CCc1c[nH]c2ccccc12)Cc1ccccc1)S(=O)(=O)c1ccc(NC(C)=O)cc1. The molecule has 2 amide bonds. The van der Waals surface area contributed by atoms with E-state index in [0.29, 0.717) is 25.2 Å². The number of rotatable bonds is 13. The first-order chi connectivity index (χ1) is 19.3. The van der Waals surface area contributed by atoms with Gasteiger partial charge in [-0.1, -0.05) is 48.5 Å². The van der Waals surface area contributed by atoms with Crippen LogP contribution in [0.1, 0.15) is 18.1 Å². The molecule has 3 aromatic carbocycles. The fraction of sp³-hybridized carbons (Fsp3) is 0.267. The first-order valence-electron chi connectivity index (χ1n) is 13.0. The summed E-state index contributed by atoms with van der Waals surface area (Å²) in [5, 5.41) is 3.72. The molecule has 0 atom stereocenters. The fourth-order valence-corrected chi connectivity index (χ4v) is 5.85. The van der Waals surface area contributed by atoms with Crippen LogP contribution in [0.5, 0.6) is 0 Å². The maximum Gasteiger partial charge on any atom is 0.243 e. The molecule has 0 unspecified atom stereocenters. The second-order valence-corrected chi connectivity index (χ2v) is 11.4. The van der Waals surface area contributed by atoms with Gasteiger partial charge < -0.3 is 19.9 Å². The molecule has 0 fully saturated rings. The number of hydrogen-bond acceptors (Lipinski definition) is 5. The van der Waals surface area contributed by atoms with Crippen molar-refractivity contribution in [3.8, 4) is 0 Å². The summed E-state index contributed by atoms with van der Waals surface area (Å²) in [6.45, 7) is 1.96. The quantitative estimate of drug-likeness (QED) is 0.256. The van der Waals surface area contributed by atoms with Crippen molar-refractivity contribution in [2.75, 3.05) is 38.7 Å². The largest absolute Gasteiger partial charge is 0.383 e. The van der Waals surface area contributed by atoms with Crippen LogP contribution in [0.25, 0.3) is 10.9 Å². The summed E-state index contributed by atoms with van der Waals surface area (Å²) in [4.78, 5) is 30.1. The van der Waals surface area contributed by atoms with E-state index >= 15 is 0 Å². The average molecular weight is 563 g/mol. The lowest BCUT2D eigenvalue weighted by Gasteiger charge is -2.27. The molecule has 0 radical (unpaired) electrons. The Morgan fingerprint density at radius 2 is 1.62 bits per heavy atom. The average Bonchev–Trinajstić information content (AvgIpc) is 3.36. The van der Waals surface area contributed by atoms with Gasteiger partial charge in [0.15, 0.2) is 0 Å². The summed E-state index contributed by atoms with van der Waals surface area (Å²) >= 11 is 0. The van der Waals surface area contributed by atoms with Crippen molar-refractivity contribution in [3.05, 3.63) is 96.2 Å². The number of para-hydroxylation sites is 1. The predicted molar refractivity (Wildman–Crippen MR) is 155 cm³/mol. The maximum absolute atomic E-state index is 13.7. The molecule has 0 saturated heterocycles. The highest BCUT2D eigenvalue weighted by Crippen LogP contribution is 2.21. The van der Waals surface area contributed by atoms with Crippen LogP contribution in [-0.2, 0) is 37.3 Å². The lowest BCUT2D eigenvalue weighted by atomic mass is 10.1. The van der Waals surface area contributed by atoms with E-state index in [1.807, 2.05) is 60.8 Å². The molecule has 0 aliphatic rings. The first-order valence-corrected chi connectivity index (χ1v) is 14.5. The summed E-state index contributed by atoms with van der Waals surface area (Å²) < 4.78 is 33.5. The Labute approximate surface area is 234 Å². The minimum Gasteiger partial charge on any atom is -0.383 e. The van der Waals surface area contributed by atoms with Gasteiger partial charge >= 0.3 is 0 Å². The number of amides is 2. The molecule has 0 aliphatic carbocycles. The van der Waals surface area contributed by atoms with Crippen molar-refractivity contribution in [3.63, 3.8) is 0 Å². The van der Waals surface area contributed by atoms with Gasteiger partial charge in [0.05, 0.1) is 18.0 Å². The number of aromatic nitrogens is 1. The second-order valence-electron chi connectivity index (χ2n) is 9.45. The van der Waals surface area contributed by atoms with Crippen molar-refractivity contribution >= 4 is 38.4 Å². The highest BCUT2D eigenvalue weighted by atomic mass is 32.2. The van der Waals surface area contributed by atoms with Crippen LogP contribution in [0.3, 0.4) is 0 Å². The number of carbonyl (C=O) groups is 2. The molecule has 0 spiro atoms. The number of anilines is 1. The molecular weight excluding hydrogens is 528 g/mol. The summed E-state index contributed by atoms with van der Waals surface area (Å²) in [7, 11) is -2.53. The van der Waals surface area contributed by atoms with Crippen LogP contribution in [0.4, 0.5) is 5.69 Å². The van der Waals surface area contributed by atoms with Gasteiger partial charge in [0.2, 0.25) is 21.8 Å². The molecule has 210 valence electrons. The monoisotopic (exact) mass is 562 g/mol. The zero-order chi connectivity index (χ0) is 28.5. The van der Waals surface area contributed by atoms with E-state index in [1.165, 1.54) is 38.3 Å². The lowest BCUT2D eigenvalue weighted by molar-refractivity contribution is -0.132. The molecule has 1 heterocycles. The Bertz CT molecular complexity index is 1540. The first kappa shape index (κ1) is 29.0. The minimum absolute atomic E-state index is 0.0135. The Kier molecular flexibility index (Phi) is 9.70. The number of benzene rings is 3. The third-order valence-electron chi connectivity index (χ3n) is 6.56. The van der Waals surface area contributed by atoms with Gasteiger partial charge in [0.25, 0.3) is 0 Å². The number of ether oxygens (including phenoxy) is 1. The number of nitrogens with one attached hydrogen (secondary N) is 2. The molecule has 2 N–H and O–H groups in total. The predicted octanol–water partition coefficient (Wildman–Crippen LogP) is 4.03. The fourth-order valence-electron chi connectivity index (χ4n) is 4.48. The number of nitrogens with zero attached hydrogens (tertiary/aromatic N) is 2. The van der Waals surface area contributed by atoms with Crippen molar-refractivity contribution in [2.45, 2.75) is 24.8 Å². The molecule has 1 aromatic heterocycles. The topological polar surface area (TPSA) is 112 Å². The molecule has 0 saturated carbocycles. The van der Waals surface area contributed by atoms with E-state index in [9.17, 15) is 18.0 Å². The maximum atomic E-state index is 13.7. The number of aromatic amines is 1. The van der Waals surface area contributed by atoms with Gasteiger partial charge in [-0.2, -0.15) is 4.31 Å². The molecule has 40 heavy (non-hydrogen) atoms. The Morgan fingerprint density at radius 1 is 0.925 bits per heavy atom. The summed E-state index contributed by atoms with van der Waals surface area (Å²) in [6.07, 6.45) is 2.56. The highest BCUT2D eigenvalue weighted by Gasteiger charge is 2.28. The molecule has 4 rings (SSSR count). The zero-order valence-corrected chi connectivity index (χ0v) is 23.5. The second kappa shape index (κ2) is 13.4. The van der Waals surface area contributed by atoms with Crippen LogP contribution < -0.4 is 5.32 Å². The van der Waals surface area contributed by atoms with Crippen LogP contribution in [0, 0.1) is 0 Å². The number of carbonyl (C=O) groups excluding carboxylic acids is 2. The van der Waals surface area contributed by atoms with Crippen molar-refractivity contribution in [1.82, 2.24) is 14.2 Å². The van der Waals surface area contributed by atoms with E-state index in [-0.39, 0.29) is 36.4 Å². The molecule has 0 aliphatic heterocycles. The van der Waals surface area contributed by atoms with E-state index in [1.54, 1.807) is 4.90 Å². The number of H-pyrrole nitrogens is 1. The van der Waals surface area contributed by atoms with Crippen molar-refractivity contribution in [1.29, 1.82) is 0 Å². The van der Waals surface area contributed by atoms with Gasteiger partial charge in [0, 0.05) is 56.5 Å². The standard InChI is InChI=1S/C30H34N4O5S/c1-23(35)32-26-12-14-27(15-13-26)40(37,38)34(18-19-39-2)22-30(36)33(21-24-8-4-3-5-9-24)17-16-25-20-31-29-11-7-6-10-28(25)29/h3-15,20,31H,16-19,21-22H2,1-2H3,(H,32,35). The van der Waals surface area contributed by atoms with Crippen molar-refractivity contribution < 1.29 is 22.7 Å². The molecule has 10 heteroatoms. The van der Waals surface area contributed by atoms with Crippen LogP contribution in [0.15, 0.2) is 90.0 Å². The van der Waals surface area contributed by atoms with E-state index < -0.39 is 10.0 Å². The smallest absolute Gasteiger partial charge is 0.243 e. The molecule has 9 nitrogen and oxygen atoms in total. The molecule has 4 aromatic rings. The third-order valence-corrected chi connectivity index (χ3v) is 8.42. The Balaban J connectivity index is 1.56. The summed E-state index contributed by atoms with van der Waals surface area (Å²) in [6, 6.07) is 23.5. The minimum atomic E-state index is -4.02. The number of hydrogen-bond donors (Lipinski definition) is 2. The van der Waals surface area contributed by atoms with Crippen LogP contribution in [0.2, 0.25) is 0 Å². The summed E-state index contributed by atoms with van der Waals surface area (Å²) in [5.41, 5.74) is 3.55. The van der Waals surface area contributed by atoms with Gasteiger partial charge in [-0.05, 0) is 47.9 Å². The molecule has 0 bridgehead atoms. The Morgan fingerprint density at radius 3 is 2.33 bits per heavy atom. The normalized spacial score (nSPS) is 11.6. The van der Waals surface area contributed by atoms with Crippen LogP contribution in [-0.4, -0.2) is 67.8 Å². The highest BCUT2D eigenvalue weighted by molar-refractivity contribution is 7.89. The molecular formula is C30H34N4O5S. The van der Waals surface area contributed by atoms with Gasteiger partial charge in [-0.3, -0.25) is 9.59 Å². The van der Waals surface area contributed by atoms with E-state index in [2.05, 4.69) is 10.3 Å². The van der Waals surface area contributed by atoms with Crippen LogP contribution >= 0.6 is 0 Å². The van der Waals surface area contributed by atoms with E-state index in [4.69, 9.17) is 4.74 Å². The lowest BCUT2D eigenvalue weighted by Crippen LogP contribution is -2.44. The zero-order valence-electron chi connectivity index (χ0n) is 22.7. The van der Waals surface area contributed by atoms with Crippen molar-refractivity contribution in [2.24, 2.45) is 0 Å². The number of sulfonamides is 1. The van der Waals surface area contributed by atoms with Gasteiger partial charge in [-0.15, -0.1) is 0 Å². The number of methoxy groups -OCH3 is 1. The van der Waals surface area contributed by atoms with Gasteiger partial charge in [-0.25, -0.2) is 8.42 Å². The number of fused-ring (bicyclic) bond motifs is 1. The van der Waals surface area contributed by atoms with Gasteiger partial charge in [0.1, 0.15) is 0 Å². The van der Waals surface area contributed by atoms with E-state index in [0.717, 1.165) is 26.3 Å². The summed E-state index contributed by atoms with van der Waals surface area (Å²) in [5.74, 6) is -0.563. The third kappa shape index (κ3) is 7.35. The Hall–Kier alpha value is -3.99.